The Labute approximate surface area is 127 Å². The molecule has 2 aromatic rings. The predicted molar refractivity (Wildman–Crippen MR) is 80.1 cm³/mol. The fraction of sp³-hybridized carbons (Fsp3) is 0.267. The fourth-order valence-electron chi connectivity index (χ4n) is 1.95. The van der Waals surface area contributed by atoms with Crippen LogP contribution in [0.3, 0.4) is 0 Å². The van der Waals surface area contributed by atoms with Gasteiger partial charge in [0.05, 0.1) is 6.61 Å². The van der Waals surface area contributed by atoms with E-state index in [0.29, 0.717) is 18.0 Å². The molecule has 0 fully saturated rings. The number of nitrogens with zero attached hydrogens (tertiary/aromatic N) is 2. The topological polar surface area (TPSA) is 93.5 Å². The van der Waals surface area contributed by atoms with Crippen LogP contribution in [0.1, 0.15) is 30.4 Å². The zero-order chi connectivity index (χ0) is 16.1. The number of hydrogen-bond acceptors (Lipinski definition) is 4. The third kappa shape index (κ3) is 3.43. The molecule has 2 rings (SSSR count). The SMILES string of the molecule is CCOc1ccc(NC(=O)C(C)n2nccc2C(=O)O)cc1. The number of carboxylic acid groups (broad SMARTS) is 1. The molecule has 0 saturated carbocycles. The van der Waals surface area contributed by atoms with E-state index in [1.165, 1.54) is 16.9 Å². The lowest BCUT2D eigenvalue weighted by Crippen LogP contribution is -2.26. The number of aromatic nitrogens is 2. The average molecular weight is 303 g/mol. The highest BCUT2D eigenvalue weighted by Gasteiger charge is 2.21. The Kier molecular flexibility index (Phi) is 4.77. The lowest BCUT2D eigenvalue weighted by molar-refractivity contribution is -0.119. The van der Waals surface area contributed by atoms with Crippen molar-refractivity contribution in [2.24, 2.45) is 0 Å². The molecule has 1 aromatic carbocycles. The molecule has 0 spiro atoms. The second-order valence-corrected chi connectivity index (χ2v) is 4.59. The average Bonchev–Trinajstić information content (AvgIpc) is 2.98. The fourth-order valence-corrected chi connectivity index (χ4v) is 1.95. The van der Waals surface area contributed by atoms with E-state index in [4.69, 9.17) is 9.84 Å². The molecule has 0 radical (unpaired) electrons. The van der Waals surface area contributed by atoms with Gasteiger partial charge in [-0.1, -0.05) is 0 Å². The van der Waals surface area contributed by atoms with Crippen LogP contribution in [0.2, 0.25) is 0 Å². The second-order valence-electron chi connectivity index (χ2n) is 4.59. The summed E-state index contributed by atoms with van der Waals surface area (Å²) in [5.41, 5.74) is 0.568. The number of aromatic carboxylic acids is 1. The highest BCUT2D eigenvalue weighted by molar-refractivity contribution is 5.94. The lowest BCUT2D eigenvalue weighted by atomic mass is 10.2. The third-order valence-corrected chi connectivity index (χ3v) is 3.07. The van der Waals surface area contributed by atoms with E-state index in [0.717, 1.165) is 0 Å². The van der Waals surface area contributed by atoms with Gasteiger partial charge < -0.3 is 15.2 Å². The number of benzene rings is 1. The smallest absolute Gasteiger partial charge is 0.354 e. The van der Waals surface area contributed by atoms with Gasteiger partial charge in [0, 0.05) is 11.9 Å². The number of rotatable bonds is 6. The summed E-state index contributed by atoms with van der Waals surface area (Å²) in [6.45, 7) is 4.05. The minimum atomic E-state index is -1.13. The summed E-state index contributed by atoms with van der Waals surface area (Å²) in [6, 6.07) is 7.55. The Bertz CT molecular complexity index is 664. The molecule has 7 nitrogen and oxygen atoms in total. The van der Waals surface area contributed by atoms with Crippen molar-refractivity contribution < 1.29 is 19.4 Å². The number of carbonyl (C=O) groups is 2. The van der Waals surface area contributed by atoms with Gasteiger partial charge in [-0.05, 0) is 44.2 Å². The van der Waals surface area contributed by atoms with E-state index in [9.17, 15) is 9.59 Å². The maximum absolute atomic E-state index is 12.2. The lowest BCUT2D eigenvalue weighted by Gasteiger charge is -2.14. The zero-order valence-electron chi connectivity index (χ0n) is 12.3. The van der Waals surface area contributed by atoms with Gasteiger partial charge >= 0.3 is 5.97 Å². The van der Waals surface area contributed by atoms with Crippen molar-refractivity contribution in [2.45, 2.75) is 19.9 Å². The van der Waals surface area contributed by atoms with Crippen molar-refractivity contribution in [2.75, 3.05) is 11.9 Å². The molecule has 116 valence electrons. The number of carboxylic acids is 1. The maximum atomic E-state index is 12.2. The molecule has 1 atom stereocenters. The number of ether oxygens (including phenoxy) is 1. The van der Waals surface area contributed by atoms with Gasteiger partial charge in [-0.25, -0.2) is 9.48 Å². The Morgan fingerprint density at radius 3 is 2.59 bits per heavy atom. The second kappa shape index (κ2) is 6.75. The van der Waals surface area contributed by atoms with Gasteiger partial charge in [0.2, 0.25) is 5.91 Å². The van der Waals surface area contributed by atoms with Crippen LogP contribution < -0.4 is 10.1 Å². The van der Waals surface area contributed by atoms with E-state index in [2.05, 4.69) is 10.4 Å². The summed E-state index contributed by atoms with van der Waals surface area (Å²) < 4.78 is 6.50. The highest BCUT2D eigenvalue weighted by atomic mass is 16.5. The Balaban J connectivity index is 2.08. The Hall–Kier alpha value is -2.83. The first-order valence-corrected chi connectivity index (χ1v) is 6.83. The quantitative estimate of drug-likeness (QED) is 0.853. The van der Waals surface area contributed by atoms with E-state index < -0.39 is 12.0 Å². The molecule has 1 heterocycles. The van der Waals surface area contributed by atoms with Gasteiger partial charge in [0.1, 0.15) is 17.5 Å². The molecule has 7 heteroatoms. The van der Waals surface area contributed by atoms with Crippen molar-refractivity contribution in [1.29, 1.82) is 0 Å². The van der Waals surface area contributed by atoms with Gasteiger partial charge in [0.25, 0.3) is 0 Å². The molecule has 2 N–H and O–H groups in total. The maximum Gasteiger partial charge on any atom is 0.354 e. The summed E-state index contributed by atoms with van der Waals surface area (Å²) in [5.74, 6) is -0.762. The van der Waals surface area contributed by atoms with Gasteiger partial charge in [-0.3, -0.25) is 4.79 Å². The van der Waals surface area contributed by atoms with E-state index in [1.54, 1.807) is 31.2 Å². The zero-order valence-corrected chi connectivity index (χ0v) is 12.3. The van der Waals surface area contributed by atoms with Crippen molar-refractivity contribution in [3.05, 3.63) is 42.2 Å². The van der Waals surface area contributed by atoms with Crippen LogP contribution in [0.25, 0.3) is 0 Å². The first-order valence-electron chi connectivity index (χ1n) is 6.83. The molecule has 0 aliphatic heterocycles. The van der Waals surface area contributed by atoms with Crippen LogP contribution >= 0.6 is 0 Å². The normalized spacial score (nSPS) is 11.7. The van der Waals surface area contributed by atoms with Crippen molar-refractivity contribution in [3.8, 4) is 5.75 Å². The van der Waals surface area contributed by atoms with Crippen LogP contribution in [0, 0.1) is 0 Å². The predicted octanol–water partition coefficient (Wildman–Crippen LogP) is 2.18. The highest BCUT2D eigenvalue weighted by Crippen LogP contribution is 2.17. The summed E-state index contributed by atoms with van der Waals surface area (Å²) in [6.07, 6.45) is 1.35. The molecule has 0 aliphatic carbocycles. The Morgan fingerprint density at radius 2 is 2.00 bits per heavy atom. The summed E-state index contributed by atoms with van der Waals surface area (Å²) in [7, 11) is 0. The van der Waals surface area contributed by atoms with Gasteiger partial charge in [-0.2, -0.15) is 5.10 Å². The monoisotopic (exact) mass is 303 g/mol. The number of anilines is 1. The molecule has 0 aliphatic rings. The largest absolute Gasteiger partial charge is 0.494 e. The third-order valence-electron chi connectivity index (χ3n) is 3.07. The standard InChI is InChI=1S/C15H17N3O4/c1-3-22-12-6-4-11(5-7-12)17-14(19)10(2)18-13(15(20)21)8-9-16-18/h4-10H,3H2,1-2H3,(H,17,19)(H,20,21). The van der Waals surface area contributed by atoms with Crippen molar-refractivity contribution in [3.63, 3.8) is 0 Å². The number of carbonyl (C=O) groups excluding carboxylic acids is 1. The summed E-state index contributed by atoms with van der Waals surface area (Å²) in [4.78, 5) is 23.3. The molecule has 1 aromatic heterocycles. The van der Waals surface area contributed by atoms with Crippen LogP contribution in [0.15, 0.2) is 36.5 Å². The van der Waals surface area contributed by atoms with Gasteiger partial charge in [-0.15, -0.1) is 0 Å². The molecule has 1 unspecified atom stereocenters. The number of nitrogens with one attached hydrogen (secondary N) is 1. The molecule has 22 heavy (non-hydrogen) atoms. The van der Waals surface area contributed by atoms with E-state index in [1.807, 2.05) is 6.92 Å². The van der Waals surface area contributed by atoms with E-state index >= 15 is 0 Å². The van der Waals surface area contributed by atoms with Crippen LogP contribution in [0.5, 0.6) is 5.75 Å². The van der Waals surface area contributed by atoms with Gasteiger partial charge in [0.15, 0.2) is 0 Å². The number of amides is 1. The first-order chi connectivity index (χ1) is 10.5. The van der Waals surface area contributed by atoms with E-state index in [-0.39, 0.29) is 11.6 Å². The Morgan fingerprint density at radius 1 is 1.32 bits per heavy atom. The van der Waals surface area contributed by atoms with Crippen LogP contribution in [0.4, 0.5) is 5.69 Å². The van der Waals surface area contributed by atoms with Crippen molar-refractivity contribution >= 4 is 17.6 Å². The number of hydrogen-bond donors (Lipinski definition) is 2. The minimum Gasteiger partial charge on any atom is -0.494 e. The summed E-state index contributed by atoms with van der Waals surface area (Å²) in [5, 5.41) is 15.7. The molecule has 0 saturated heterocycles. The van der Waals surface area contributed by atoms with Crippen LogP contribution in [-0.4, -0.2) is 33.4 Å². The summed E-state index contributed by atoms with van der Waals surface area (Å²) >= 11 is 0. The minimum absolute atomic E-state index is 0.0330. The van der Waals surface area contributed by atoms with Crippen LogP contribution in [-0.2, 0) is 4.79 Å². The van der Waals surface area contributed by atoms with Crippen molar-refractivity contribution in [1.82, 2.24) is 9.78 Å². The molecule has 1 amide bonds. The first kappa shape index (κ1) is 15.6. The molecular formula is C15H17N3O4. The molecular weight excluding hydrogens is 286 g/mol. The molecule has 0 bridgehead atoms.